The van der Waals surface area contributed by atoms with Crippen molar-refractivity contribution in [2.24, 2.45) is 0 Å². The van der Waals surface area contributed by atoms with Crippen molar-refractivity contribution in [3.8, 4) is 0 Å². The molecule has 1 aromatic heterocycles. The molecule has 3 amide bonds. The molecule has 1 heterocycles. The van der Waals surface area contributed by atoms with Gasteiger partial charge in [-0.2, -0.15) is 0 Å². The fraction of sp³-hybridized carbons (Fsp3) is 0.294. The first-order chi connectivity index (χ1) is 11.4. The molecule has 6 nitrogen and oxygen atoms in total. The summed E-state index contributed by atoms with van der Waals surface area (Å²) < 4.78 is 18.2. The van der Waals surface area contributed by atoms with Crippen molar-refractivity contribution in [1.29, 1.82) is 0 Å². The molecule has 0 saturated carbocycles. The van der Waals surface area contributed by atoms with Crippen molar-refractivity contribution < 1.29 is 18.4 Å². The lowest BCUT2D eigenvalue weighted by Crippen LogP contribution is -2.42. The Morgan fingerprint density at radius 1 is 1.12 bits per heavy atom. The second kappa shape index (κ2) is 8.14. The topological polar surface area (TPSA) is 74.6 Å². The van der Waals surface area contributed by atoms with E-state index in [-0.39, 0.29) is 24.8 Å². The molecule has 1 aromatic carbocycles. The molecule has 0 fully saturated rings. The molecule has 0 atom stereocenters. The highest BCUT2D eigenvalue weighted by atomic mass is 19.1. The van der Waals surface area contributed by atoms with Gasteiger partial charge in [-0.3, -0.25) is 4.79 Å². The van der Waals surface area contributed by atoms with Crippen LogP contribution in [0.1, 0.15) is 17.1 Å². The third kappa shape index (κ3) is 5.42. The Kier molecular flexibility index (Phi) is 5.95. The van der Waals surface area contributed by atoms with Gasteiger partial charge in [0.15, 0.2) is 0 Å². The van der Waals surface area contributed by atoms with Crippen molar-refractivity contribution >= 4 is 11.9 Å². The quantitative estimate of drug-likeness (QED) is 0.851. The van der Waals surface area contributed by atoms with Crippen molar-refractivity contribution in [3.63, 3.8) is 0 Å². The Hall–Kier alpha value is -2.83. The summed E-state index contributed by atoms with van der Waals surface area (Å²) in [5.74, 6) is 0.901. The summed E-state index contributed by atoms with van der Waals surface area (Å²) in [5, 5.41) is 5.09. The number of benzene rings is 1. The zero-order valence-electron chi connectivity index (χ0n) is 13.6. The molecule has 0 unspecified atom stereocenters. The van der Waals surface area contributed by atoms with Gasteiger partial charge >= 0.3 is 6.03 Å². The van der Waals surface area contributed by atoms with Crippen molar-refractivity contribution in [2.45, 2.75) is 20.0 Å². The maximum Gasteiger partial charge on any atom is 0.315 e. The van der Waals surface area contributed by atoms with E-state index in [0.717, 1.165) is 11.3 Å². The van der Waals surface area contributed by atoms with Crippen LogP contribution < -0.4 is 10.6 Å². The zero-order valence-corrected chi connectivity index (χ0v) is 13.6. The predicted molar refractivity (Wildman–Crippen MR) is 86.6 cm³/mol. The summed E-state index contributed by atoms with van der Waals surface area (Å²) in [6.07, 6.45) is 0. The lowest BCUT2D eigenvalue weighted by molar-refractivity contribution is -0.129. The molecule has 2 aromatic rings. The minimum absolute atomic E-state index is 0.120. The Labute approximate surface area is 139 Å². The standard InChI is InChI=1S/C17H20FN3O3/c1-12-3-8-15(24-12)11-21(2)16(22)10-20-17(23)19-9-13-4-6-14(18)7-5-13/h3-8H,9-11H2,1-2H3,(H2,19,20,23). The molecule has 24 heavy (non-hydrogen) atoms. The molecule has 0 saturated heterocycles. The third-order valence-electron chi connectivity index (χ3n) is 3.38. The summed E-state index contributed by atoms with van der Waals surface area (Å²) >= 11 is 0. The largest absolute Gasteiger partial charge is 0.464 e. The first-order valence-corrected chi connectivity index (χ1v) is 7.49. The van der Waals surface area contributed by atoms with Crippen LogP contribution in [0.3, 0.4) is 0 Å². The van der Waals surface area contributed by atoms with Gasteiger partial charge in [0, 0.05) is 13.6 Å². The molecule has 7 heteroatoms. The summed E-state index contributed by atoms with van der Waals surface area (Å²) in [7, 11) is 1.64. The number of aryl methyl sites for hydroxylation is 1. The van der Waals surface area contributed by atoms with E-state index >= 15 is 0 Å². The Bertz CT molecular complexity index is 697. The lowest BCUT2D eigenvalue weighted by atomic mass is 10.2. The number of rotatable bonds is 6. The van der Waals surface area contributed by atoms with E-state index in [0.29, 0.717) is 12.3 Å². The van der Waals surface area contributed by atoms with Gasteiger partial charge in [0.1, 0.15) is 17.3 Å². The van der Waals surface area contributed by atoms with Crippen LogP contribution in [0.4, 0.5) is 9.18 Å². The number of likely N-dealkylation sites (N-methyl/N-ethyl adjacent to an activating group) is 1. The summed E-state index contributed by atoms with van der Waals surface area (Å²) in [4.78, 5) is 25.1. The Morgan fingerprint density at radius 3 is 2.46 bits per heavy atom. The number of carbonyl (C=O) groups is 2. The highest BCUT2D eigenvalue weighted by molar-refractivity contribution is 5.83. The van der Waals surface area contributed by atoms with Gasteiger partial charge in [-0.15, -0.1) is 0 Å². The number of amides is 3. The van der Waals surface area contributed by atoms with Crippen molar-refractivity contribution in [2.75, 3.05) is 13.6 Å². The van der Waals surface area contributed by atoms with Crippen molar-refractivity contribution in [1.82, 2.24) is 15.5 Å². The number of nitrogens with zero attached hydrogens (tertiary/aromatic N) is 1. The van der Waals surface area contributed by atoms with Crippen molar-refractivity contribution in [3.05, 3.63) is 59.3 Å². The second-order valence-corrected chi connectivity index (χ2v) is 5.42. The van der Waals surface area contributed by atoms with Gasteiger partial charge in [0.05, 0.1) is 13.1 Å². The van der Waals surface area contributed by atoms with Crippen LogP contribution in [0.5, 0.6) is 0 Å². The average molecular weight is 333 g/mol. The molecular formula is C17H20FN3O3. The fourth-order valence-corrected chi connectivity index (χ4v) is 2.03. The van der Waals surface area contributed by atoms with E-state index in [4.69, 9.17) is 4.42 Å². The monoisotopic (exact) mass is 333 g/mol. The SMILES string of the molecule is Cc1ccc(CN(C)C(=O)CNC(=O)NCc2ccc(F)cc2)o1. The fourth-order valence-electron chi connectivity index (χ4n) is 2.03. The Morgan fingerprint density at radius 2 is 1.83 bits per heavy atom. The van der Waals surface area contributed by atoms with Gasteiger partial charge in [-0.05, 0) is 36.8 Å². The maximum atomic E-state index is 12.8. The minimum atomic E-state index is -0.463. The number of urea groups is 1. The summed E-state index contributed by atoms with van der Waals surface area (Å²) in [6, 6.07) is 8.99. The van der Waals surface area contributed by atoms with E-state index < -0.39 is 6.03 Å². The number of hydrogen-bond acceptors (Lipinski definition) is 3. The predicted octanol–water partition coefficient (Wildman–Crippen LogP) is 2.18. The van der Waals surface area contributed by atoms with Crippen LogP contribution in [0.25, 0.3) is 0 Å². The molecular weight excluding hydrogens is 313 g/mol. The normalized spacial score (nSPS) is 10.3. The molecule has 0 aliphatic rings. The molecule has 0 aliphatic heterocycles. The van der Waals surface area contributed by atoms with E-state index in [1.54, 1.807) is 19.2 Å². The van der Waals surface area contributed by atoms with Gasteiger partial charge in [-0.1, -0.05) is 12.1 Å². The van der Waals surface area contributed by atoms with Crippen LogP contribution in [0.2, 0.25) is 0 Å². The first-order valence-electron chi connectivity index (χ1n) is 7.49. The highest BCUT2D eigenvalue weighted by Gasteiger charge is 2.12. The minimum Gasteiger partial charge on any atom is -0.464 e. The van der Waals surface area contributed by atoms with E-state index in [9.17, 15) is 14.0 Å². The molecule has 0 radical (unpaired) electrons. The number of hydrogen-bond donors (Lipinski definition) is 2. The summed E-state index contributed by atoms with van der Waals surface area (Å²) in [6.45, 7) is 2.30. The van der Waals surface area contributed by atoms with Gasteiger partial charge in [-0.25, -0.2) is 9.18 Å². The lowest BCUT2D eigenvalue weighted by Gasteiger charge is -2.16. The van der Waals surface area contributed by atoms with Crippen LogP contribution in [-0.4, -0.2) is 30.4 Å². The molecule has 0 aliphatic carbocycles. The van der Waals surface area contributed by atoms with E-state index in [1.807, 2.05) is 19.1 Å². The smallest absolute Gasteiger partial charge is 0.315 e. The number of halogens is 1. The van der Waals surface area contributed by atoms with Crippen LogP contribution in [0.15, 0.2) is 40.8 Å². The zero-order chi connectivity index (χ0) is 17.5. The highest BCUT2D eigenvalue weighted by Crippen LogP contribution is 2.08. The summed E-state index contributed by atoms with van der Waals surface area (Å²) in [5.41, 5.74) is 0.767. The molecule has 128 valence electrons. The number of furan rings is 1. The molecule has 2 N–H and O–H groups in total. The van der Waals surface area contributed by atoms with Crippen LogP contribution in [0, 0.1) is 12.7 Å². The number of nitrogens with one attached hydrogen (secondary N) is 2. The molecule has 2 rings (SSSR count). The van der Waals surface area contributed by atoms with E-state index in [2.05, 4.69) is 10.6 Å². The van der Waals surface area contributed by atoms with Crippen LogP contribution in [-0.2, 0) is 17.9 Å². The Balaban J connectivity index is 1.70. The maximum absolute atomic E-state index is 12.8. The molecule has 0 bridgehead atoms. The van der Waals surface area contributed by atoms with Gasteiger partial charge in [0.25, 0.3) is 0 Å². The molecule has 0 spiro atoms. The van der Waals surface area contributed by atoms with Gasteiger partial charge < -0.3 is 20.0 Å². The van der Waals surface area contributed by atoms with E-state index in [1.165, 1.54) is 17.0 Å². The third-order valence-corrected chi connectivity index (χ3v) is 3.38. The second-order valence-electron chi connectivity index (χ2n) is 5.42. The van der Waals surface area contributed by atoms with Crippen LogP contribution >= 0.6 is 0 Å². The first kappa shape index (κ1) is 17.5. The number of carbonyl (C=O) groups excluding carboxylic acids is 2. The van der Waals surface area contributed by atoms with Gasteiger partial charge in [0.2, 0.25) is 5.91 Å². The average Bonchev–Trinajstić information content (AvgIpc) is 2.96.